The van der Waals surface area contributed by atoms with Crippen molar-refractivity contribution < 1.29 is 91.2 Å². The van der Waals surface area contributed by atoms with Gasteiger partial charge in [0.05, 0.1) is 4.24 Å². The molecular formula is C19H34Br4KN12NaO2. The molecule has 0 unspecified atom stereocenters. The zero-order valence-electron chi connectivity index (χ0n) is 22.9. The minimum absolute atomic E-state index is 0. The Balaban J connectivity index is -0.0000000259. The van der Waals surface area contributed by atoms with Gasteiger partial charge in [-0.2, -0.15) is 5.26 Å². The first-order valence-electron chi connectivity index (χ1n) is 9.51. The molecule has 212 valence electrons. The largest absolute Gasteiger partial charge is 1.00 e. The number of rotatable bonds is 8. The van der Waals surface area contributed by atoms with E-state index in [1.165, 1.54) is 24.2 Å². The predicted molar refractivity (Wildman–Crippen MR) is 165 cm³/mol. The van der Waals surface area contributed by atoms with E-state index in [2.05, 4.69) is 102 Å². The number of hydrogen-bond acceptors (Lipinski definition) is 6. The molecule has 0 rings (SSSR count). The fraction of sp³-hybridized carbons (Fsp3) is 0.632. The number of nitriles is 1. The van der Waals surface area contributed by atoms with Crippen LogP contribution in [0.5, 0.6) is 0 Å². The molecule has 0 aromatic heterocycles. The van der Waals surface area contributed by atoms with Crippen molar-refractivity contribution in [3.63, 3.8) is 0 Å². The summed E-state index contributed by atoms with van der Waals surface area (Å²) in [6.07, 6.45) is 8.51. The normalized spacial score (nSPS) is 5.44. The van der Waals surface area contributed by atoms with Crippen LogP contribution in [0.25, 0.3) is 41.7 Å². The summed E-state index contributed by atoms with van der Waals surface area (Å²) in [5, 5.41) is 36.3. The van der Waals surface area contributed by atoms with Crippen LogP contribution in [0, 0.1) is 29.7 Å². The molecule has 0 aliphatic carbocycles. The van der Waals surface area contributed by atoms with Crippen LogP contribution >= 0.6 is 63.7 Å². The molecule has 0 fully saturated rings. The van der Waals surface area contributed by atoms with E-state index in [-0.39, 0.29) is 94.2 Å². The third kappa shape index (κ3) is 332. The SMILES string of the molecule is BrCBr.BrCCCCCBr.C=CCC=C.CC.OCO.[C-]#N.[C-]#[N+]CC#N.[K+].[N-]=[N+]=NCN=[N+]=[N-].[N-]=[N+]=[N-].[Na+]. The van der Waals surface area contributed by atoms with E-state index in [9.17, 15) is 0 Å². The zero-order valence-corrected chi connectivity index (χ0v) is 34.4. The Kier molecular flexibility index (Phi) is 264. The van der Waals surface area contributed by atoms with E-state index >= 15 is 0 Å². The Morgan fingerprint density at radius 1 is 0.897 bits per heavy atom. The summed E-state index contributed by atoms with van der Waals surface area (Å²) in [6.45, 7) is 20.8. The molecule has 14 nitrogen and oxygen atoms in total. The van der Waals surface area contributed by atoms with E-state index in [0.29, 0.717) is 0 Å². The fourth-order valence-electron chi connectivity index (χ4n) is 0.604. The molecule has 2 N–H and O–H groups in total. The van der Waals surface area contributed by atoms with Crippen LogP contribution in [0.2, 0.25) is 0 Å². The summed E-state index contributed by atoms with van der Waals surface area (Å²) in [4.78, 5) is 8.91. The molecule has 0 saturated heterocycles. The zero-order chi connectivity index (χ0) is 31.4. The molecule has 0 atom stereocenters. The van der Waals surface area contributed by atoms with Gasteiger partial charge in [0.2, 0.25) is 0 Å². The minimum Gasteiger partial charge on any atom is -0.512 e. The average molecular weight is 844 g/mol. The Bertz CT molecular complexity index is 582. The second-order valence-electron chi connectivity index (χ2n) is 3.66. The summed E-state index contributed by atoms with van der Waals surface area (Å²) in [5.74, 6) is 0. The van der Waals surface area contributed by atoms with Crippen molar-refractivity contribution in [3.05, 3.63) is 80.2 Å². The van der Waals surface area contributed by atoms with Gasteiger partial charge in [0.15, 0.2) is 0 Å². The summed E-state index contributed by atoms with van der Waals surface area (Å²) >= 11 is 12.9. The molecule has 0 saturated carbocycles. The summed E-state index contributed by atoms with van der Waals surface area (Å²) in [7, 11) is 0. The minimum atomic E-state index is -0.750. The van der Waals surface area contributed by atoms with Crippen molar-refractivity contribution in [2.24, 2.45) is 10.2 Å². The second-order valence-corrected chi connectivity index (χ2v) is 7.87. The van der Waals surface area contributed by atoms with Crippen molar-refractivity contribution in [1.82, 2.24) is 0 Å². The van der Waals surface area contributed by atoms with Crippen LogP contribution in [0.3, 0.4) is 0 Å². The van der Waals surface area contributed by atoms with Crippen LogP contribution in [-0.2, 0) is 0 Å². The Hall–Kier alpha value is 0.356. The van der Waals surface area contributed by atoms with Gasteiger partial charge >= 0.3 is 80.9 Å². The smallest absolute Gasteiger partial charge is 0.512 e. The van der Waals surface area contributed by atoms with Gasteiger partial charge < -0.3 is 38.0 Å². The van der Waals surface area contributed by atoms with Crippen molar-refractivity contribution >= 4 is 63.7 Å². The number of hydrogen-bond donors (Lipinski definition) is 2. The third-order valence-corrected chi connectivity index (χ3v) is 2.62. The number of allylic oxidation sites excluding steroid dienone is 2. The Morgan fingerprint density at radius 2 is 1.18 bits per heavy atom. The maximum atomic E-state index is 7.60. The quantitative estimate of drug-likeness (QED) is 0.0357. The first-order chi connectivity index (χ1) is 17.9. The number of unbranched alkanes of at least 4 members (excludes halogenated alkanes) is 2. The molecule has 0 aliphatic rings. The predicted octanol–water partition coefficient (Wildman–Crippen LogP) is 3.35. The maximum Gasteiger partial charge on any atom is 1.00 e. The van der Waals surface area contributed by atoms with Gasteiger partial charge in [-0.1, -0.05) is 106 Å². The van der Waals surface area contributed by atoms with Crippen LogP contribution in [0.15, 0.2) is 35.5 Å². The van der Waals surface area contributed by atoms with Gasteiger partial charge in [0.1, 0.15) is 19.5 Å². The van der Waals surface area contributed by atoms with Gasteiger partial charge in [0.25, 0.3) is 6.54 Å². The monoisotopic (exact) mass is 840 g/mol. The number of aliphatic hydroxyl groups excluding tert-OH is 1. The second kappa shape index (κ2) is 143. The number of azide groups is 1. The van der Waals surface area contributed by atoms with Gasteiger partial charge in [-0.05, 0) is 30.3 Å². The average Bonchev–Trinajstić information content (AvgIpc) is 2.91. The van der Waals surface area contributed by atoms with E-state index < -0.39 is 6.79 Å². The molecule has 0 amide bonds. The third-order valence-electron chi connectivity index (χ3n) is 1.50. The summed E-state index contributed by atoms with van der Waals surface area (Å²) in [5.41, 5.74) is 28.6. The molecule has 0 bridgehead atoms. The first kappa shape index (κ1) is 72.0. The number of aliphatic hydroxyl groups is 2. The van der Waals surface area contributed by atoms with E-state index in [4.69, 9.17) is 56.0 Å². The Labute approximate surface area is 331 Å². The van der Waals surface area contributed by atoms with E-state index in [1.54, 1.807) is 6.07 Å². The molecule has 20 heteroatoms. The van der Waals surface area contributed by atoms with Gasteiger partial charge in [0, 0.05) is 20.5 Å². The van der Waals surface area contributed by atoms with E-state index in [1.807, 2.05) is 26.0 Å². The van der Waals surface area contributed by atoms with Gasteiger partial charge in [-0.3, -0.25) is 4.91 Å². The summed E-state index contributed by atoms with van der Waals surface area (Å²) in [6, 6.07) is 1.66. The molecule has 39 heavy (non-hydrogen) atoms. The molecule has 0 radical (unpaired) electrons. The molecule has 0 aliphatic heterocycles. The van der Waals surface area contributed by atoms with Crippen LogP contribution in [0.1, 0.15) is 39.5 Å². The fourth-order valence-corrected chi connectivity index (χ4v) is 1.40. The van der Waals surface area contributed by atoms with E-state index in [0.717, 1.165) is 21.3 Å². The van der Waals surface area contributed by atoms with Crippen LogP contribution in [-0.4, -0.2) is 45.1 Å². The van der Waals surface area contributed by atoms with Crippen LogP contribution in [0.4, 0.5) is 0 Å². The van der Waals surface area contributed by atoms with Crippen molar-refractivity contribution in [1.29, 1.82) is 10.5 Å². The molecule has 0 spiro atoms. The first-order valence-corrected chi connectivity index (χ1v) is 14.0. The number of nitrogens with zero attached hydrogens (tertiary/aromatic N) is 12. The molecular weight excluding hydrogens is 810 g/mol. The van der Waals surface area contributed by atoms with Gasteiger partial charge in [-0.25, -0.2) is 6.57 Å². The molecule has 0 aromatic rings. The number of alkyl halides is 4. The maximum absolute atomic E-state index is 7.60. The van der Waals surface area contributed by atoms with Crippen molar-refractivity contribution in [2.45, 2.75) is 39.5 Å². The molecule has 0 aromatic carbocycles. The van der Waals surface area contributed by atoms with Crippen molar-refractivity contribution in [3.8, 4) is 6.07 Å². The topological polar surface area (TPSA) is 249 Å². The Morgan fingerprint density at radius 3 is 1.28 bits per heavy atom. The van der Waals surface area contributed by atoms with Crippen molar-refractivity contribution in [2.75, 3.05) is 34.9 Å². The molecule has 0 heterocycles. The van der Waals surface area contributed by atoms with Crippen LogP contribution < -0.4 is 80.9 Å². The standard InChI is InChI=1S/C5H10Br2.C5H8.C3H2N2.C2H6.CH2Br2.CH2N6.CN.CH4O2.K.N3.Na/c6-4-2-1-3-5-7;1-3-5-4-2;1-5-3-2-4;1-2;2-1-3;2-6-4-1-5-7-3;1-2;2-1-3;;1-3-2;/h1-5H2;3-4H,1-2,5H2;3H2;1-2H3;1H2;1H2;;2-3H,1H2;;;/q;;;;;;-1;;+1;-1;+1. The summed E-state index contributed by atoms with van der Waals surface area (Å²) < 4.78 is 0.875. The van der Waals surface area contributed by atoms with Gasteiger partial charge in [-0.15, -0.1) is 13.2 Å². The number of halogens is 4.